The van der Waals surface area contributed by atoms with Gasteiger partial charge in [-0.25, -0.2) is 0 Å². The molecular weight excluding hydrogens is 244 g/mol. The molecular formula is C14H22N2O3. The van der Waals surface area contributed by atoms with Crippen molar-refractivity contribution in [1.29, 1.82) is 0 Å². The predicted molar refractivity (Wildman–Crippen MR) is 74.3 cm³/mol. The summed E-state index contributed by atoms with van der Waals surface area (Å²) in [6.07, 6.45) is 1.59. The Hall–Kier alpha value is -1.75. The maximum absolute atomic E-state index is 8.92. The van der Waals surface area contributed by atoms with Crippen LogP contribution in [0.4, 0.5) is 0 Å². The van der Waals surface area contributed by atoms with E-state index in [2.05, 4.69) is 5.16 Å². The van der Waals surface area contributed by atoms with Crippen molar-refractivity contribution < 1.29 is 15.1 Å². The van der Waals surface area contributed by atoms with Gasteiger partial charge in [-0.1, -0.05) is 31.1 Å². The molecule has 0 aliphatic heterocycles. The summed E-state index contributed by atoms with van der Waals surface area (Å²) < 4.78 is 5.59. The van der Waals surface area contributed by atoms with Crippen LogP contribution in [0.5, 0.6) is 5.75 Å². The molecule has 0 fully saturated rings. The molecule has 0 amide bonds. The van der Waals surface area contributed by atoms with Gasteiger partial charge >= 0.3 is 0 Å². The maximum atomic E-state index is 8.92. The number of aliphatic hydroxyl groups excluding tert-OH is 1. The van der Waals surface area contributed by atoms with E-state index in [0.717, 1.165) is 24.2 Å². The summed E-state index contributed by atoms with van der Waals surface area (Å²) in [5.41, 5.74) is 6.14. The highest BCUT2D eigenvalue weighted by molar-refractivity contribution is 5.85. The molecule has 0 radical (unpaired) electrons. The van der Waals surface area contributed by atoms with Gasteiger partial charge in [0.15, 0.2) is 0 Å². The molecule has 5 nitrogen and oxygen atoms in total. The van der Waals surface area contributed by atoms with E-state index in [1.165, 1.54) is 0 Å². The van der Waals surface area contributed by atoms with Crippen molar-refractivity contribution in [2.75, 3.05) is 6.61 Å². The van der Waals surface area contributed by atoms with E-state index in [1.54, 1.807) is 0 Å². The monoisotopic (exact) mass is 266 g/mol. The number of nitrogens with two attached hydrogens (primary N) is 1. The number of aliphatic hydroxyl groups is 1. The van der Waals surface area contributed by atoms with Gasteiger partial charge in [-0.15, -0.1) is 0 Å². The first-order valence-electron chi connectivity index (χ1n) is 6.30. The molecule has 1 aromatic carbocycles. The van der Waals surface area contributed by atoms with Crippen molar-refractivity contribution in [3.8, 4) is 5.75 Å². The largest absolute Gasteiger partial charge is 0.494 e. The summed E-state index contributed by atoms with van der Waals surface area (Å²) in [5.74, 6) is 1.01. The lowest BCUT2D eigenvalue weighted by atomic mass is 9.87. The van der Waals surface area contributed by atoms with Gasteiger partial charge in [-0.2, -0.15) is 0 Å². The third kappa shape index (κ3) is 4.79. The van der Waals surface area contributed by atoms with Gasteiger partial charge in [-0.3, -0.25) is 0 Å². The van der Waals surface area contributed by atoms with Gasteiger partial charge in [0, 0.05) is 5.41 Å². The average molecular weight is 266 g/mol. The molecule has 0 aliphatic carbocycles. The average Bonchev–Trinajstić information content (AvgIpc) is 2.43. The molecule has 0 spiro atoms. The van der Waals surface area contributed by atoms with E-state index < -0.39 is 0 Å². The van der Waals surface area contributed by atoms with Crippen LogP contribution in [0.25, 0.3) is 0 Å². The molecule has 106 valence electrons. The Morgan fingerprint density at radius 3 is 2.47 bits per heavy atom. The van der Waals surface area contributed by atoms with Crippen LogP contribution in [0.1, 0.15) is 32.3 Å². The summed E-state index contributed by atoms with van der Waals surface area (Å²) in [6, 6.07) is 7.33. The Labute approximate surface area is 113 Å². The number of ether oxygens (including phenoxy) is 1. The van der Waals surface area contributed by atoms with Crippen molar-refractivity contribution in [2.24, 2.45) is 16.3 Å². The molecule has 1 aromatic rings. The highest BCUT2D eigenvalue weighted by Crippen LogP contribution is 2.22. The Morgan fingerprint density at radius 1 is 1.32 bits per heavy atom. The molecule has 0 unspecified atom stereocenters. The summed E-state index contributed by atoms with van der Waals surface area (Å²) in [7, 11) is 0. The van der Waals surface area contributed by atoms with Gasteiger partial charge in [-0.05, 0) is 30.5 Å². The molecule has 5 heteroatoms. The predicted octanol–water partition coefficient (Wildman–Crippen LogP) is 2.11. The molecule has 19 heavy (non-hydrogen) atoms. The zero-order valence-electron chi connectivity index (χ0n) is 11.5. The zero-order chi connectivity index (χ0) is 14.3. The molecule has 0 heterocycles. The van der Waals surface area contributed by atoms with E-state index in [1.807, 2.05) is 38.1 Å². The van der Waals surface area contributed by atoms with Gasteiger partial charge in [0.1, 0.15) is 11.6 Å². The van der Waals surface area contributed by atoms with Crippen molar-refractivity contribution in [1.82, 2.24) is 0 Å². The minimum atomic E-state index is -0.334. The molecule has 0 saturated carbocycles. The van der Waals surface area contributed by atoms with Crippen LogP contribution in [0.2, 0.25) is 0 Å². The van der Waals surface area contributed by atoms with E-state index in [4.69, 9.17) is 20.8 Å². The molecule has 4 N–H and O–H groups in total. The molecule has 0 aliphatic rings. The van der Waals surface area contributed by atoms with Gasteiger partial charge in [0.2, 0.25) is 0 Å². The van der Waals surface area contributed by atoms with Crippen LogP contribution in [-0.4, -0.2) is 22.8 Å². The van der Waals surface area contributed by atoms with Gasteiger partial charge < -0.3 is 20.8 Å². The van der Waals surface area contributed by atoms with Crippen molar-refractivity contribution in [2.45, 2.75) is 33.3 Å². The Bertz CT molecular complexity index is 413. The van der Waals surface area contributed by atoms with E-state index in [-0.39, 0.29) is 17.9 Å². The molecule has 0 bridgehead atoms. The van der Waals surface area contributed by atoms with Crippen LogP contribution in [0.3, 0.4) is 0 Å². The lowest BCUT2D eigenvalue weighted by Crippen LogP contribution is -2.32. The third-order valence-electron chi connectivity index (χ3n) is 3.12. The lowest BCUT2D eigenvalue weighted by Gasteiger charge is -2.22. The van der Waals surface area contributed by atoms with Gasteiger partial charge in [0.25, 0.3) is 0 Å². The number of rotatable bonds is 7. The second-order valence-electron chi connectivity index (χ2n) is 5.12. The van der Waals surface area contributed by atoms with Crippen molar-refractivity contribution >= 4 is 5.84 Å². The fraction of sp³-hybridized carbons (Fsp3) is 0.500. The van der Waals surface area contributed by atoms with Crippen LogP contribution in [0.15, 0.2) is 29.4 Å². The smallest absolute Gasteiger partial charge is 0.144 e. The third-order valence-corrected chi connectivity index (χ3v) is 3.12. The number of nitrogens with zero attached hydrogens (tertiary/aromatic N) is 1. The normalized spacial score (nSPS) is 12.5. The van der Waals surface area contributed by atoms with Crippen LogP contribution < -0.4 is 10.5 Å². The summed E-state index contributed by atoms with van der Waals surface area (Å²) in [6.45, 7) is 4.46. The minimum absolute atomic E-state index is 0.0360. The maximum Gasteiger partial charge on any atom is 0.144 e. The number of hydrogen-bond acceptors (Lipinski definition) is 4. The summed E-state index contributed by atoms with van der Waals surface area (Å²) in [4.78, 5) is 0. The molecule has 1 rings (SSSR count). The summed E-state index contributed by atoms with van der Waals surface area (Å²) in [5, 5.41) is 20.6. The first-order chi connectivity index (χ1) is 8.99. The van der Waals surface area contributed by atoms with E-state index in [0.29, 0.717) is 6.61 Å². The molecule has 0 aromatic heterocycles. The second-order valence-corrected chi connectivity index (χ2v) is 5.12. The number of benzene rings is 1. The second kappa shape index (κ2) is 6.99. The topological polar surface area (TPSA) is 88.1 Å². The van der Waals surface area contributed by atoms with Crippen LogP contribution in [-0.2, 0) is 6.61 Å². The minimum Gasteiger partial charge on any atom is -0.494 e. The Balaban J connectivity index is 2.34. The van der Waals surface area contributed by atoms with Crippen LogP contribution in [0, 0.1) is 5.41 Å². The fourth-order valence-electron chi connectivity index (χ4n) is 1.66. The Morgan fingerprint density at radius 2 is 1.95 bits per heavy atom. The van der Waals surface area contributed by atoms with Crippen LogP contribution >= 0.6 is 0 Å². The number of hydrogen-bond donors (Lipinski definition) is 3. The number of amidine groups is 1. The first-order valence-corrected chi connectivity index (χ1v) is 6.30. The highest BCUT2D eigenvalue weighted by Gasteiger charge is 2.22. The standard InChI is InChI=1S/C14H22N2O3/c1-14(2,13(15)16-18)8-3-9-19-12-6-4-11(10-17)5-7-12/h4-7,17-18H,3,8-10H2,1-2H3,(H2,15,16). The SMILES string of the molecule is CC(C)(CCCOc1ccc(CO)cc1)C(N)=NO. The highest BCUT2D eigenvalue weighted by atomic mass is 16.5. The first kappa shape index (κ1) is 15.3. The molecule has 0 saturated heterocycles. The lowest BCUT2D eigenvalue weighted by molar-refractivity contribution is 0.275. The molecule has 0 atom stereocenters. The van der Waals surface area contributed by atoms with Crippen molar-refractivity contribution in [3.63, 3.8) is 0 Å². The van der Waals surface area contributed by atoms with Crippen molar-refractivity contribution in [3.05, 3.63) is 29.8 Å². The Kier molecular flexibility index (Phi) is 5.63. The quantitative estimate of drug-likeness (QED) is 0.232. The van der Waals surface area contributed by atoms with E-state index >= 15 is 0 Å². The fourth-order valence-corrected chi connectivity index (χ4v) is 1.66. The van der Waals surface area contributed by atoms with Gasteiger partial charge in [0.05, 0.1) is 13.2 Å². The number of oxime groups is 1. The van der Waals surface area contributed by atoms with E-state index in [9.17, 15) is 0 Å². The zero-order valence-corrected chi connectivity index (χ0v) is 11.5. The summed E-state index contributed by atoms with van der Waals surface area (Å²) >= 11 is 0.